The first-order valence-electron chi connectivity index (χ1n) is 5.71. The second-order valence-corrected chi connectivity index (χ2v) is 4.61. The molecule has 0 saturated carbocycles. The molecule has 0 saturated heterocycles. The number of fused-ring (bicyclic) bond motifs is 1. The van der Waals surface area contributed by atoms with Crippen LogP contribution in [0.5, 0.6) is 0 Å². The topological polar surface area (TPSA) is 55.1 Å². The highest BCUT2D eigenvalue weighted by Gasteiger charge is 2.16. The molecule has 1 atom stereocenters. The largest absolute Gasteiger partial charge is 0.478 e. The average Bonchev–Trinajstić information content (AvgIpc) is 2.70. The molecule has 4 nitrogen and oxygen atoms in total. The van der Waals surface area contributed by atoms with Crippen molar-refractivity contribution >= 4 is 17.0 Å². The number of imidazole rings is 1. The summed E-state index contributed by atoms with van der Waals surface area (Å²) in [4.78, 5) is 15.3. The smallest absolute Gasteiger partial charge is 0.337 e. The van der Waals surface area contributed by atoms with E-state index in [1.807, 2.05) is 10.6 Å². The van der Waals surface area contributed by atoms with Gasteiger partial charge in [-0.25, -0.2) is 9.78 Å². The number of carboxylic acids is 1. The minimum Gasteiger partial charge on any atom is -0.478 e. The van der Waals surface area contributed by atoms with E-state index in [0.717, 1.165) is 5.52 Å². The van der Waals surface area contributed by atoms with Gasteiger partial charge in [-0.15, -0.1) is 0 Å². The maximum absolute atomic E-state index is 11.1. The van der Waals surface area contributed by atoms with Gasteiger partial charge in [-0.05, 0) is 25.0 Å². The van der Waals surface area contributed by atoms with Crippen LogP contribution < -0.4 is 0 Å². The molecule has 0 aliphatic heterocycles. The fourth-order valence-corrected chi connectivity index (χ4v) is 1.88. The third-order valence-electron chi connectivity index (χ3n) is 3.24. The van der Waals surface area contributed by atoms with Crippen LogP contribution >= 0.6 is 0 Å². The van der Waals surface area contributed by atoms with E-state index in [1.54, 1.807) is 18.5 Å². The Balaban J connectivity index is 2.62. The lowest BCUT2D eigenvalue weighted by atomic mass is 10.1. The van der Waals surface area contributed by atoms with E-state index in [4.69, 9.17) is 5.11 Å². The molecule has 0 aliphatic carbocycles. The molecule has 1 N–H and O–H groups in total. The van der Waals surface area contributed by atoms with Crippen molar-refractivity contribution in [2.75, 3.05) is 0 Å². The maximum Gasteiger partial charge on any atom is 0.337 e. The number of aromatic carboxylic acids is 1. The van der Waals surface area contributed by atoms with E-state index in [0.29, 0.717) is 17.5 Å². The van der Waals surface area contributed by atoms with E-state index >= 15 is 0 Å². The standard InChI is InChI=1S/C13H16N2O2/c1-8(2)9(3)15-7-14-12-10(13(16)17)5-4-6-11(12)15/h4-9H,1-3H3,(H,16,17). The van der Waals surface area contributed by atoms with Crippen molar-refractivity contribution in [2.45, 2.75) is 26.8 Å². The highest BCUT2D eigenvalue weighted by Crippen LogP contribution is 2.24. The van der Waals surface area contributed by atoms with Crippen molar-refractivity contribution in [3.63, 3.8) is 0 Å². The number of hydrogen-bond donors (Lipinski definition) is 1. The Hall–Kier alpha value is -1.84. The Bertz CT molecular complexity index is 558. The highest BCUT2D eigenvalue weighted by atomic mass is 16.4. The minimum atomic E-state index is -0.932. The van der Waals surface area contributed by atoms with E-state index < -0.39 is 5.97 Å². The number of carboxylic acid groups (broad SMARTS) is 1. The van der Waals surface area contributed by atoms with Crippen molar-refractivity contribution < 1.29 is 9.90 Å². The Kier molecular flexibility index (Phi) is 2.88. The molecule has 0 amide bonds. The fourth-order valence-electron chi connectivity index (χ4n) is 1.88. The zero-order valence-electron chi connectivity index (χ0n) is 10.2. The van der Waals surface area contributed by atoms with Gasteiger partial charge in [-0.2, -0.15) is 0 Å². The van der Waals surface area contributed by atoms with Gasteiger partial charge in [0.15, 0.2) is 0 Å². The number of aromatic nitrogens is 2. The van der Waals surface area contributed by atoms with Gasteiger partial charge in [0.05, 0.1) is 17.4 Å². The molecule has 4 heteroatoms. The van der Waals surface area contributed by atoms with Crippen LogP contribution in [0, 0.1) is 5.92 Å². The van der Waals surface area contributed by atoms with Crippen LogP contribution in [0.15, 0.2) is 24.5 Å². The molecule has 1 aromatic heterocycles. The van der Waals surface area contributed by atoms with Crippen molar-refractivity contribution in [3.8, 4) is 0 Å². The lowest BCUT2D eigenvalue weighted by molar-refractivity contribution is 0.0699. The Morgan fingerprint density at radius 2 is 2.06 bits per heavy atom. The summed E-state index contributed by atoms with van der Waals surface area (Å²) >= 11 is 0. The molecule has 0 bridgehead atoms. The Labute approximate surface area is 99.9 Å². The molecule has 17 heavy (non-hydrogen) atoms. The van der Waals surface area contributed by atoms with E-state index in [2.05, 4.69) is 25.8 Å². The number of hydrogen-bond acceptors (Lipinski definition) is 2. The fraction of sp³-hybridized carbons (Fsp3) is 0.385. The monoisotopic (exact) mass is 232 g/mol. The van der Waals surface area contributed by atoms with Gasteiger partial charge in [0.1, 0.15) is 5.52 Å². The summed E-state index contributed by atoms with van der Waals surface area (Å²) in [6, 6.07) is 5.55. The molecule has 2 aromatic rings. The van der Waals surface area contributed by atoms with E-state index in [9.17, 15) is 4.79 Å². The van der Waals surface area contributed by atoms with Gasteiger partial charge in [-0.3, -0.25) is 0 Å². The van der Waals surface area contributed by atoms with Crippen molar-refractivity contribution in [2.24, 2.45) is 5.92 Å². The van der Waals surface area contributed by atoms with Crippen LogP contribution in [0.25, 0.3) is 11.0 Å². The quantitative estimate of drug-likeness (QED) is 0.885. The van der Waals surface area contributed by atoms with Crippen LogP contribution in [-0.2, 0) is 0 Å². The molecule has 0 aliphatic rings. The number of benzene rings is 1. The second-order valence-electron chi connectivity index (χ2n) is 4.61. The summed E-state index contributed by atoms with van der Waals surface area (Å²) < 4.78 is 2.03. The molecule has 2 rings (SSSR count). The zero-order chi connectivity index (χ0) is 12.6. The summed E-state index contributed by atoms with van der Waals surface area (Å²) in [5.41, 5.74) is 1.70. The van der Waals surface area contributed by atoms with Gasteiger partial charge >= 0.3 is 5.97 Å². The molecular formula is C13H16N2O2. The van der Waals surface area contributed by atoms with Crippen molar-refractivity contribution in [1.29, 1.82) is 0 Å². The van der Waals surface area contributed by atoms with Gasteiger partial charge in [0.2, 0.25) is 0 Å². The van der Waals surface area contributed by atoms with Crippen molar-refractivity contribution in [3.05, 3.63) is 30.1 Å². The van der Waals surface area contributed by atoms with Crippen molar-refractivity contribution in [1.82, 2.24) is 9.55 Å². The molecule has 1 unspecified atom stereocenters. The predicted octanol–water partition coefficient (Wildman–Crippen LogP) is 2.95. The third kappa shape index (κ3) is 1.90. The molecular weight excluding hydrogens is 216 g/mol. The van der Waals surface area contributed by atoms with Gasteiger partial charge in [-0.1, -0.05) is 19.9 Å². The zero-order valence-corrected chi connectivity index (χ0v) is 10.2. The lowest BCUT2D eigenvalue weighted by Crippen LogP contribution is -2.10. The lowest BCUT2D eigenvalue weighted by Gasteiger charge is -2.18. The predicted molar refractivity (Wildman–Crippen MR) is 66.2 cm³/mol. The van der Waals surface area contributed by atoms with E-state index in [1.165, 1.54) is 0 Å². The SMILES string of the molecule is CC(C)C(C)n1cnc2c(C(=O)O)cccc21. The molecule has 90 valence electrons. The van der Waals surface area contributed by atoms with Crippen LogP contribution in [0.3, 0.4) is 0 Å². The Morgan fingerprint density at radius 1 is 1.35 bits per heavy atom. The maximum atomic E-state index is 11.1. The first-order chi connectivity index (χ1) is 8.02. The normalized spacial score (nSPS) is 13.2. The summed E-state index contributed by atoms with van der Waals surface area (Å²) in [6.07, 6.45) is 1.72. The highest BCUT2D eigenvalue weighted by molar-refractivity contribution is 6.00. The summed E-state index contributed by atoms with van der Waals surface area (Å²) in [5, 5.41) is 9.09. The summed E-state index contributed by atoms with van der Waals surface area (Å²) in [6.45, 7) is 6.38. The van der Waals surface area contributed by atoms with Crippen LogP contribution in [0.1, 0.15) is 37.2 Å². The molecule has 1 heterocycles. The third-order valence-corrected chi connectivity index (χ3v) is 3.24. The van der Waals surface area contributed by atoms with E-state index in [-0.39, 0.29) is 5.56 Å². The van der Waals surface area contributed by atoms with Crippen LogP contribution in [0.2, 0.25) is 0 Å². The molecule has 0 radical (unpaired) electrons. The molecule has 0 spiro atoms. The van der Waals surface area contributed by atoms with Gasteiger partial charge in [0, 0.05) is 6.04 Å². The van der Waals surface area contributed by atoms with Gasteiger partial charge in [0.25, 0.3) is 0 Å². The van der Waals surface area contributed by atoms with Crippen LogP contribution in [-0.4, -0.2) is 20.6 Å². The molecule has 0 fully saturated rings. The average molecular weight is 232 g/mol. The number of para-hydroxylation sites is 1. The number of rotatable bonds is 3. The number of carbonyl (C=O) groups is 1. The summed E-state index contributed by atoms with van der Waals surface area (Å²) in [5.74, 6) is -0.459. The van der Waals surface area contributed by atoms with Crippen LogP contribution in [0.4, 0.5) is 0 Å². The van der Waals surface area contributed by atoms with Gasteiger partial charge < -0.3 is 9.67 Å². The Morgan fingerprint density at radius 3 is 2.65 bits per heavy atom. The second kappa shape index (κ2) is 4.20. The minimum absolute atomic E-state index is 0.261. The first kappa shape index (κ1) is 11.6. The molecule has 1 aromatic carbocycles. The number of nitrogens with zero attached hydrogens (tertiary/aromatic N) is 2. The summed E-state index contributed by atoms with van der Waals surface area (Å²) in [7, 11) is 0. The first-order valence-corrected chi connectivity index (χ1v) is 5.71.